The quantitative estimate of drug-likeness (QED) is 0.783. The van der Waals surface area contributed by atoms with Crippen molar-refractivity contribution in [2.45, 2.75) is 19.0 Å². The van der Waals surface area contributed by atoms with Gasteiger partial charge in [0, 0.05) is 25.7 Å². The second kappa shape index (κ2) is 4.21. The second-order valence-corrected chi connectivity index (χ2v) is 4.00. The lowest BCUT2D eigenvalue weighted by Crippen LogP contribution is -2.26. The molecule has 1 fully saturated rings. The van der Waals surface area contributed by atoms with Gasteiger partial charge >= 0.3 is 0 Å². The van der Waals surface area contributed by atoms with Crippen LogP contribution in [0.2, 0.25) is 5.15 Å². The molecule has 0 unspecified atom stereocenters. The Morgan fingerprint density at radius 1 is 1.50 bits per heavy atom. The first-order chi connectivity index (χ1) is 6.74. The van der Waals surface area contributed by atoms with Crippen molar-refractivity contribution < 1.29 is 0 Å². The van der Waals surface area contributed by atoms with Crippen LogP contribution < -0.4 is 5.73 Å². The van der Waals surface area contributed by atoms with Gasteiger partial charge in [-0.2, -0.15) is 0 Å². The van der Waals surface area contributed by atoms with Crippen LogP contribution >= 0.6 is 11.6 Å². The normalized spacial score (nSPS) is 22.9. The van der Waals surface area contributed by atoms with Crippen molar-refractivity contribution in [3.05, 3.63) is 23.2 Å². The van der Waals surface area contributed by atoms with Crippen molar-refractivity contribution in [1.82, 2.24) is 14.9 Å². The molecule has 1 saturated heterocycles. The number of nitrogens with two attached hydrogens (primary N) is 1. The van der Waals surface area contributed by atoms with Crippen LogP contribution in [0.4, 0.5) is 0 Å². The molecule has 0 radical (unpaired) electrons. The zero-order valence-electron chi connectivity index (χ0n) is 7.86. The van der Waals surface area contributed by atoms with Crippen LogP contribution in [0, 0.1) is 0 Å². The summed E-state index contributed by atoms with van der Waals surface area (Å²) in [5, 5.41) is 0.437. The molecule has 4 nitrogen and oxygen atoms in total. The van der Waals surface area contributed by atoms with Crippen LogP contribution in [0.25, 0.3) is 0 Å². The summed E-state index contributed by atoms with van der Waals surface area (Å²) in [6, 6.07) is 0.315. The summed E-state index contributed by atoms with van der Waals surface area (Å²) >= 11 is 5.64. The van der Waals surface area contributed by atoms with Gasteiger partial charge in [-0.3, -0.25) is 9.88 Å². The molecule has 0 amide bonds. The molecule has 5 heteroatoms. The minimum atomic E-state index is 0.315. The monoisotopic (exact) mass is 212 g/mol. The molecule has 1 aliphatic heterocycles. The second-order valence-electron chi connectivity index (χ2n) is 3.61. The number of aromatic nitrogens is 2. The molecule has 14 heavy (non-hydrogen) atoms. The summed E-state index contributed by atoms with van der Waals surface area (Å²) in [6.45, 7) is 2.81. The van der Waals surface area contributed by atoms with Crippen molar-refractivity contribution >= 4 is 11.6 Å². The van der Waals surface area contributed by atoms with Crippen LogP contribution in [-0.4, -0.2) is 34.0 Å². The summed E-state index contributed by atoms with van der Waals surface area (Å²) in [7, 11) is 0. The summed E-state index contributed by atoms with van der Waals surface area (Å²) in [5.74, 6) is 0. The number of hydrogen-bond donors (Lipinski definition) is 1. The number of nitrogens with zero attached hydrogens (tertiary/aromatic N) is 3. The molecule has 1 aromatic rings. The Morgan fingerprint density at radius 3 is 2.93 bits per heavy atom. The Kier molecular flexibility index (Phi) is 2.96. The van der Waals surface area contributed by atoms with E-state index in [0.717, 1.165) is 31.7 Å². The van der Waals surface area contributed by atoms with E-state index >= 15 is 0 Å². The molecule has 2 heterocycles. The molecule has 0 aromatic carbocycles. The Bertz CT molecular complexity index is 300. The largest absolute Gasteiger partial charge is 0.326 e. The van der Waals surface area contributed by atoms with Gasteiger partial charge in [0.2, 0.25) is 0 Å². The maximum atomic E-state index is 5.80. The van der Waals surface area contributed by atoms with Gasteiger partial charge in [0.25, 0.3) is 0 Å². The highest BCUT2D eigenvalue weighted by Crippen LogP contribution is 2.10. The van der Waals surface area contributed by atoms with Gasteiger partial charge in [-0.25, -0.2) is 4.98 Å². The molecular weight excluding hydrogens is 200 g/mol. The standard InChI is InChI=1S/C9H13ClN4/c10-9-4-12-8(3-13-9)6-14-2-1-7(11)5-14/h3-4,7H,1-2,5-6,11H2/t7-/m1/s1. The highest BCUT2D eigenvalue weighted by atomic mass is 35.5. The van der Waals surface area contributed by atoms with Crippen LogP contribution in [0.5, 0.6) is 0 Å². The highest BCUT2D eigenvalue weighted by molar-refractivity contribution is 6.29. The lowest BCUT2D eigenvalue weighted by Gasteiger charge is -2.13. The van der Waals surface area contributed by atoms with Gasteiger partial charge < -0.3 is 5.73 Å². The molecule has 0 bridgehead atoms. The Hall–Kier alpha value is -0.710. The van der Waals surface area contributed by atoms with Crippen molar-refractivity contribution in [2.24, 2.45) is 5.73 Å². The molecule has 1 aliphatic rings. The zero-order valence-corrected chi connectivity index (χ0v) is 8.61. The molecule has 76 valence electrons. The van der Waals surface area contributed by atoms with Gasteiger partial charge in [0.1, 0.15) is 5.15 Å². The van der Waals surface area contributed by atoms with Crippen LogP contribution in [-0.2, 0) is 6.54 Å². The minimum Gasteiger partial charge on any atom is -0.326 e. The molecule has 2 rings (SSSR count). The Morgan fingerprint density at radius 2 is 2.36 bits per heavy atom. The van der Waals surface area contributed by atoms with E-state index in [1.54, 1.807) is 12.4 Å². The first kappa shape index (κ1) is 9.83. The fourth-order valence-corrected chi connectivity index (χ4v) is 1.75. The zero-order chi connectivity index (χ0) is 9.97. The summed E-state index contributed by atoms with van der Waals surface area (Å²) in [5.41, 5.74) is 6.75. The van der Waals surface area contributed by atoms with Gasteiger partial charge in [-0.1, -0.05) is 11.6 Å². The fraction of sp³-hybridized carbons (Fsp3) is 0.556. The van der Waals surface area contributed by atoms with E-state index in [1.165, 1.54) is 0 Å². The Labute approximate surface area is 88.1 Å². The van der Waals surface area contributed by atoms with Gasteiger partial charge in [-0.15, -0.1) is 0 Å². The van der Waals surface area contributed by atoms with E-state index in [2.05, 4.69) is 14.9 Å². The molecule has 0 spiro atoms. The maximum absolute atomic E-state index is 5.80. The van der Waals surface area contributed by atoms with Crippen LogP contribution in [0.15, 0.2) is 12.4 Å². The van der Waals surface area contributed by atoms with E-state index in [0.29, 0.717) is 11.2 Å². The van der Waals surface area contributed by atoms with E-state index < -0.39 is 0 Å². The van der Waals surface area contributed by atoms with Crippen molar-refractivity contribution in [2.75, 3.05) is 13.1 Å². The third-order valence-electron chi connectivity index (χ3n) is 2.37. The smallest absolute Gasteiger partial charge is 0.147 e. The Balaban J connectivity index is 1.94. The molecule has 0 aliphatic carbocycles. The molecule has 1 atom stereocenters. The molecule has 2 N–H and O–H groups in total. The summed E-state index contributed by atoms with van der Waals surface area (Å²) in [4.78, 5) is 10.5. The summed E-state index contributed by atoms with van der Waals surface area (Å²) in [6.07, 6.45) is 4.36. The van der Waals surface area contributed by atoms with E-state index in [9.17, 15) is 0 Å². The average Bonchev–Trinajstić information content (AvgIpc) is 2.56. The number of likely N-dealkylation sites (tertiary alicyclic amines) is 1. The first-order valence-electron chi connectivity index (χ1n) is 4.68. The predicted octanol–water partition coefficient (Wildman–Crippen LogP) is 0.663. The topological polar surface area (TPSA) is 55.0 Å². The van der Waals surface area contributed by atoms with Gasteiger partial charge in [-0.05, 0) is 6.42 Å². The SMILES string of the molecule is N[C@@H]1CCN(Cc2cnc(Cl)cn2)C1. The first-order valence-corrected chi connectivity index (χ1v) is 5.06. The number of hydrogen-bond acceptors (Lipinski definition) is 4. The van der Waals surface area contributed by atoms with Gasteiger partial charge in [0.15, 0.2) is 0 Å². The predicted molar refractivity (Wildman–Crippen MR) is 54.9 cm³/mol. The fourth-order valence-electron chi connectivity index (χ4n) is 1.66. The molecule has 1 aromatic heterocycles. The number of rotatable bonds is 2. The summed E-state index contributed by atoms with van der Waals surface area (Å²) < 4.78 is 0. The lowest BCUT2D eigenvalue weighted by atomic mass is 10.3. The molecule has 0 saturated carbocycles. The minimum absolute atomic E-state index is 0.315. The number of halogens is 1. The molecular formula is C9H13ClN4. The van der Waals surface area contributed by atoms with Crippen molar-refractivity contribution in [3.63, 3.8) is 0 Å². The van der Waals surface area contributed by atoms with E-state index in [-0.39, 0.29) is 0 Å². The third kappa shape index (κ3) is 2.41. The third-order valence-corrected chi connectivity index (χ3v) is 2.56. The van der Waals surface area contributed by atoms with Gasteiger partial charge in [0.05, 0.1) is 18.1 Å². The van der Waals surface area contributed by atoms with Crippen LogP contribution in [0.3, 0.4) is 0 Å². The average molecular weight is 213 g/mol. The van der Waals surface area contributed by atoms with Crippen molar-refractivity contribution in [3.8, 4) is 0 Å². The van der Waals surface area contributed by atoms with Crippen molar-refractivity contribution in [1.29, 1.82) is 0 Å². The van der Waals surface area contributed by atoms with Crippen LogP contribution in [0.1, 0.15) is 12.1 Å². The lowest BCUT2D eigenvalue weighted by molar-refractivity contribution is 0.322. The maximum Gasteiger partial charge on any atom is 0.147 e. The van der Waals surface area contributed by atoms with E-state index in [4.69, 9.17) is 17.3 Å². The van der Waals surface area contributed by atoms with E-state index in [1.807, 2.05) is 0 Å². The highest BCUT2D eigenvalue weighted by Gasteiger charge is 2.19.